The van der Waals surface area contributed by atoms with Gasteiger partial charge >= 0.3 is 6.09 Å². The molecule has 0 unspecified atom stereocenters. The Hall–Kier alpha value is -3.09. The monoisotopic (exact) mass is 480 g/mol. The van der Waals surface area contributed by atoms with Crippen LogP contribution in [0.3, 0.4) is 0 Å². The number of nitrogens with zero attached hydrogens (tertiary/aromatic N) is 3. The molecule has 190 valence electrons. The van der Waals surface area contributed by atoms with E-state index in [4.69, 9.17) is 4.74 Å². The molecule has 0 bridgehead atoms. The van der Waals surface area contributed by atoms with Gasteiger partial charge in [-0.1, -0.05) is 24.3 Å². The second-order valence-electron chi connectivity index (χ2n) is 10.4. The van der Waals surface area contributed by atoms with Crippen LogP contribution < -0.4 is 10.2 Å². The first-order chi connectivity index (χ1) is 16.7. The van der Waals surface area contributed by atoms with Gasteiger partial charge in [0, 0.05) is 57.7 Å². The average Bonchev–Trinajstić information content (AvgIpc) is 2.84. The molecule has 1 aliphatic rings. The second kappa shape index (κ2) is 12.6. The van der Waals surface area contributed by atoms with Crippen LogP contribution >= 0.6 is 0 Å². The van der Waals surface area contributed by atoms with Gasteiger partial charge in [0.15, 0.2) is 0 Å². The summed E-state index contributed by atoms with van der Waals surface area (Å²) in [5.41, 5.74) is 2.82. The summed E-state index contributed by atoms with van der Waals surface area (Å²) in [6, 6.07) is 12.1. The number of aromatic nitrogens is 1. The van der Waals surface area contributed by atoms with E-state index in [-0.39, 0.29) is 5.91 Å². The zero-order valence-corrected chi connectivity index (χ0v) is 21.6. The number of hydrogen-bond acceptors (Lipinski definition) is 5. The quantitative estimate of drug-likeness (QED) is 0.558. The lowest BCUT2D eigenvalue weighted by molar-refractivity contribution is -0.130. The summed E-state index contributed by atoms with van der Waals surface area (Å²) in [4.78, 5) is 33.0. The van der Waals surface area contributed by atoms with Crippen molar-refractivity contribution < 1.29 is 14.3 Å². The Balaban J connectivity index is 1.36. The molecule has 7 heteroatoms. The maximum absolute atomic E-state index is 12.7. The van der Waals surface area contributed by atoms with E-state index in [0.29, 0.717) is 25.3 Å². The Morgan fingerprint density at radius 1 is 1.11 bits per heavy atom. The average molecular weight is 481 g/mol. The number of hydrogen-bond donors (Lipinski definition) is 1. The largest absolute Gasteiger partial charge is 0.444 e. The minimum absolute atomic E-state index is 0.177. The standard InChI is InChI=1S/C28H40N4O3/c1-28(2,3)35-27(34)30-21-24-7-5-6-23(20-24)8-9-26(33)31(4)17-12-22-13-18-32(19-14-22)25-10-15-29-16-11-25/h5-7,10-11,15-16,20,22H,8-9,12-14,17-19,21H2,1-4H3,(H,30,34). The first-order valence-corrected chi connectivity index (χ1v) is 12.6. The van der Waals surface area contributed by atoms with Crippen LogP contribution in [0.25, 0.3) is 0 Å². The predicted octanol–water partition coefficient (Wildman–Crippen LogP) is 4.80. The molecule has 0 saturated carbocycles. The van der Waals surface area contributed by atoms with Gasteiger partial charge in [-0.2, -0.15) is 0 Å². The lowest BCUT2D eigenvalue weighted by Crippen LogP contribution is -2.35. The Bertz CT molecular complexity index is 950. The first kappa shape index (κ1) is 26.5. The van der Waals surface area contributed by atoms with E-state index in [9.17, 15) is 9.59 Å². The highest BCUT2D eigenvalue weighted by Crippen LogP contribution is 2.25. The maximum atomic E-state index is 12.7. The highest BCUT2D eigenvalue weighted by atomic mass is 16.6. The molecule has 1 N–H and O–H groups in total. The minimum Gasteiger partial charge on any atom is -0.444 e. The van der Waals surface area contributed by atoms with Crippen LogP contribution in [0.15, 0.2) is 48.8 Å². The molecular formula is C28H40N4O3. The van der Waals surface area contributed by atoms with Gasteiger partial charge in [-0.25, -0.2) is 4.79 Å². The Kier molecular flexibility index (Phi) is 9.52. The lowest BCUT2D eigenvalue weighted by atomic mass is 9.93. The highest BCUT2D eigenvalue weighted by molar-refractivity contribution is 5.76. The fraction of sp³-hybridized carbons (Fsp3) is 0.536. The number of benzene rings is 1. The van der Waals surface area contributed by atoms with Crippen LogP contribution in [0.4, 0.5) is 10.5 Å². The SMILES string of the molecule is CN(CCC1CCN(c2ccncc2)CC1)C(=O)CCc1cccc(CNC(=O)OC(C)(C)C)c1. The summed E-state index contributed by atoms with van der Waals surface area (Å²) in [5, 5.41) is 2.78. The van der Waals surface area contributed by atoms with Crippen molar-refractivity contribution in [2.24, 2.45) is 5.92 Å². The molecule has 0 radical (unpaired) electrons. The van der Waals surface area contributed by atoms with Gasteiger partial charge in [0.05, 0.1) is 0 Å². The summed E-state index contributed by atoms with van der Waals surface area (Å²) in [7, 11) is 1.91. The van der Waals surface area contributed by atoms with Crippen LogP contribution in [0.2, 0.25) is 0 Å². The van der Waals surface area contributed by atoms with Gasteiger partial charge < -0.3 is 19.9 Å². The van der Waals surface area contributed by atoms with Gasteiger partial charge in [0.25, 0.3) is 0 Å². The molecule has 7 nitrogen and oxygen atoms in total. The zero-order valence-electron chi connectivity index (χ0n) is 21.6. The van der Waals surface area contributed by atoms with Crippen molar-refractivity contribution in [2.75, 3.05) is 31.6 Å². The van der Waals surface area contributed by atoms with Crippen molar-refractivity contribution in [3.8, 4) is 0 Å². The fourth-order valence-electron chi connectivity index (χ4n) is 4.36. The number of carbonyl (C=O) groups excluding carboxylic acids is 2. The smallest absolute Gasteiger partial charge is 0.407 e. The molecule has 0 spiro atoms. The van der Waals surface area contributed by atoms with Crippen LogP contribution in [0.1, 0.15) is 57.6 Å². The molecule has 0 aliphatic carbocycles. The Morgan fingerprint density at radius 2 is 1.80 bits per heavy atom. The summed E-state index contributed by atoms with van der Waals surface area (Å²) >= 11 is 0. The fourth-order valence-corrected chi connectivity index (χ4v) is 4.36. The molecule has 2 amide bonds. The Morgan fingerprint density at radius 3 is 2.49 bits per heavy atom. The van der Waals surface area contributed by atoms with Crippen molar-refractivity contribution in [1.82, 2.24) is 15.2 Å². The lowest BCUT2D eigenvalue weighted by Gasteiger charge is -2.34. The normalized spacial score (nSPS) is 14.5. The van der Waals surface area contributed by atoms with Crippen LogP contribution in [0, 0.1) is 5.92 Å². The van der Waals surface area contributed by atoms with E-state index >= 15 is 0 Å². The molecule has 1 aliphatic heterocycles. The molecule has 1 saturated heterocycles. The molecule has 2 heterocycles. The van der Waals surface area contributed by atoms with Gasteiger partial charge in [0.2, 0.25) is 5.91 Å². The highest BCUT2D eigenvalue weighted by Gasteiger charge is 2.20. The third-order valence-corrected chi connectivity index (χ3v) is 6.40. The number of anilines is 1. The summed E-state index contributed by atoms with van der Waals surface area (Å²) < 4.78 is 5.28. The van der Waals surface area contributed by atoms with Crippen molar-refractivity contribution in [2.45, 2.75) is 65.0 Å². The van der Waals surface area contributed by atoms with Gasteiger partial charge in [0.1, 0.15) is 5.60 Å². The number of ether oxygens (including phenoxy) is 1. The molecule has 1 aromatic heterocycles. The van der Waals surface area contributed by atoms with Crippen molar-refractivity contribution in [1.29, 1.82) is 0 Å². The third kappa shape index (κ3) is 9.23. The molecule has 0 atom stereocenters. The van der Waals surface area contributed by atoms with E-state index < -0.39 is 11.7 Å². The second-order valence-corrected chi connectivity index (χ2v) is 10.4. The van der Waals surface area contributed by atoms with Crippen LogP contribution in [0.5, 0.6) is 0 Å². The van der Waals surface area contributed by atoms with E-state index in [2.05, 4.69) is 27.3 Å². The van der Waals surface area contributed by atoms with Gasteiger partial charge in [-0.3, -0.25) is 9.78 Å². The van der Waals surface area contributed by atoms with Crippen LogP contribution in [-0.4, -0.2) is 54.2 Å². The van der Waals surface area contributed by atoms with E-state index in [1.807, 2.05) is 69.4 Å². The molecular weight excluding hydrogens is 440 g/mol. The number of nitrogens with one attached hydrogen (secondary N) is 1. The topological polar surface area (TPSA) is 74.8 Å². The number of alkyl carbamates (subject to hydrolysis) is 1. The molecule has 1 fully saturated rings. The zero-order chi connectivity index (χ0) is 25.3. The summed E-state index contributed by atoms with van der Waals surface area (Å²) in [6.07, 6.45) is 7.82. The van der Waals surface area contributed by atoms with Crippen molar-refractivity contribution >= 4 is 17.7 Å². The third-order valence-electron chi connectivity index (χ3n) is 6.40. The van der Waals surface area contributed by atoms with Gasteiger partial charge in [-0.05, 0) is 75.6 Å². The van der Waals surface area contributed by atoms with Crippen molar-refractivity contribution in [3.05, 3.63) is 59.9 Å². The number of aryl methyl sites for hydroxylation is 1. The predicted molar refractivity (Wildman–Crippen MR) is 139 cm³/mol. The number of amides is 2. The molecule has 1 aromatic carbocycles. The van der Waals surface area contributed by atoms with Crippen molar-refractivity contribution in [3.63, 3.8) is 0 Å². The first-order valence-electron chi connectivity index (χ1n) is 12.6. The van der Waals surface area contributed by atoms with Crippen LogP contribution in [-0.2, 0) is 22.5 Å². The number of carbonyl (C=O) groups is 2. The van der Waals surface area contributed by atoms with E-state index in [1.165, 1.54) is 5.69 Å². The number of piperidine rings is 1. The molecule has 2 aromatic rings. The maximum Gasteiger partial charge on any atom is 0.407 e. The number of pyridine rings is 1. The Labute approximate surface area is 209 Å². The molecule has 3 rings (SSSR count). The summed E-state index contributed by atoms with van der Waals surface area (Å²) in [6.45, 7) is 8.85. The van der Waals surface area contributed by atoms with Gasteiger partial charge in [-0.15, -0.1) is 0 Å². The van der Waals surface area contributed by atoms with E-state index in [1.54, 1.807) is 0 Å². The summed E-state index contributed by atoms with van der Waals surface area (Å²) in [5.74, 6) is 0.842. The number of rotatable bonds is 9. The van der Waals surface area contributed by atoms with E-state index in [0.717, 1.165) is 50.0 Å². The minimum atomic E-state index is -0.518. The molecule has 35 heavy (non-hydrogen) atoms.